The van der Waals surface area contributed by atoms with E-state index < -0.39 is 41.6 Å². The highest BCUT2D eigenvalue weighted by atomic mass is 35.5. The van der Waals surface area contributed by atoms with Gasteiger partial charge in [0, 0.05) is 11.8 Å². The van der Waals surface area contributed by atoms with E-state index in [1.807, 2.05) is 0 Å². The molecule has 0 bridgehead atoms. The van der Waals surface area contributed by atoms with Crippen molar-refractivity contribution in [1.29, 1.82) is 0 Å². The largest absolute Gasteiger partial charge is 0.482 e. The zero-order valence-corrected chi connectivity index (χ0v) is 21.1. The lowest BCUT2D eigenvalue weighted by atomic mass is 9.96. The van der Waals surface area contributed by atoms with Crippen LogP contribution in [0.25, 0.3) is 11.1 Å². The van der Waals surface area contributed by atoms with Crippen LogP contribution in [0.5, 0.6) is 5.75 Å². The number of aliphatic hydroxyl groups is 1. The molecule has 0 atom stereocenters. The van der Waals surface area contributed by atoms with Crippen LogP contribution in [0.1, 0.15) is 27.8 Å². The number of amides is 2. The van der Waals surface area contributed by atoms with Crippen molar-refractivity contribution in [2.75, 3.05) is 25.0 Å². The van der Waals surface area contributed by atoms with Crippen LogP contribution in [0, 0.1) is 5.82 Å². The summed E-state index contributed by atoms with van der Waals surface area (Å²) in [4.78, 5) is 30.8. The van der Waals surface area contributed by atoms with Crippen molar-refractivity contribution in [3.05, 3.63) is 75.8 Å². The van der Waals surface area contributed by atoms with Gasteiger partial charge in [-0.05, 0) is 42.8 Å². The van der Waals surface area contributed by atoms with Crippen LogP contribution < -0.4 is 10.1 Å². The number of alkyl halides is 3. The van der Waals surface area contributed by atoms with E-state index in [0.717, 1.165) is 6.07 Å². The van der Waals surface area contributed by atoms with Gasteiger partial charge in [0.05, 0.1) is 40.0 Å². The predicted octanol–water partition coefficient (Wildman–Crippen LogP) is 5.59. The minimum Gasteiger partial charge on any atom is -0.482 e. The molecule has 0 spiro atoms. The molecule has 2 heterocycles. The van der Waals surface area contributed by atoms with Gasteiger partial charge in [0.2, 0.25) is 0 Å². The second kappa shape index (κ2) is 10.4. The first-order valence-electron chi connectivity index (χ1n) is 11.0. The summed E-state index contributed by atoms with van der Waals surface area (Å²) < 4.78 is 57.9. The SMILES string of the molecule is CC1(O)CN(C(=O)c2cc(-c3ccc(NC(=O)c4c(F)cccc4Cl)c(OCC(F)(F)F)c3)c(Cl)cn2)C1. The van der Waals surface area contributed by atoms with Gasteiger partial charge in [-0.15, -0.1) is 0 Å². The molecule has 1 fully saturated rings. The predicted molar refractivity (Wildman–Crippen MR) is 132 cm³/mol. The van der Waals surface area contributed by atoms with E-state index >= 15 is 0 Å². The van der Waals surface area contributed by atoms with Gasteiger partial charge in [0.15, 0.2) is 6.61 Å². The van der Waals surface area contributed by atoms with Crippen LogP contribution in [0.15, 0.2) is 48.7 Å². The normalized spacial score (nSPS) is 14.6. The van der Waals surface area contributed by atoms with E-state index in [0.29, 0.717) is 0 Å². The number of ether oxygens (including phenoxy) is 1. The molecule has 0 radical (unpaired) electrons. The molecular weight excluding hydrogens is 553 g/mol. The zero-order valence-electron chi connectivity index (χ0n) is 19.6. The lowest BCUT2D eigenvalue weighted by Gasteiger charge is -2.43. The number of hydrogen-bond acceptors (Lipinski definition) is 5. The topological polar surface area (TPSA) is 91.8 Å². The van der Waals surface area contributed by atoms with Crippen molar-refractivity contribution in [3.8, 4) is 16.9 Å². The molecule has 1 aromatic heterocycles. The van der Waals surface area contributed by atoms with Crippen LogP contribution >= 0.6 is 23.2 Å². The number of likely N-dealkylation sites (tertiary alicyclic amines) is 1. The molecule has 2 N–H and O–H groups in total. The maximum Gasteiger partial charge on any atom is 0.422 e. The number of rotatable bonds is 6. The quantitative estimate of drug-likeness (QED) is 0.376. The molecule has 200 valence electrons. The van der Waals surface area contributed by atoms with Crippen LogP contribution in [0.2, 0.25) is 10.0 Å². The average Bonchev–Trinajstić information content (AvgIpc) is 2.81. The number of nitrogens with zero attached hydrogens (tertiary/aromatic N) is 2. The molecule has 1 aliphatic rings. The summed E-state index contributed by atoms with van der Waals surface area (Å²) in [6, 6.07) is 8.81. The first-order valence-corrected chi connectivity index (χ1v) is 11.8. The Bertz CT molecular complexity index is 1390. The molecule has 2 aromatic carbocycles. The summed E-state index contributed by atoms with van der Waals surface area (Å²) in [6.45, 7) is 0.131. The third-order valence-corrected chi connectivity index (χ3v) is 6.16. The lowest BCUT2D eigenvalue weighted by Crippen LogP contribution is -2.61. The maximum atomic E-state index is 14.2. The van der Waals surface area contributed by atoms with Gasteiger partial charge in [-0.25, -0.2) is 9.37 Å². The number of anilines is 1. The highest BCUT2D eigenvalue weighted by molar-refractivity contribution is 6.34. The number of halogens is 6. The molecule has 0 unspecified atom stereocenters. The summed E-state index contributed by atoms with van der Waals surface area (Å²) >= 11 is 12.2. The Balaban J connectivity index is 1.68. The standard InChI is InChI=1S/C25H19Cl2F4N3O4/c1-24(37)10-34(11-24)23(36)19-8-14(16(27)9-32-19)13-5-6-18(20(7-13)38-12-25(29,30)31)33-22(35)21-15(26)3-2-4-17(21)28/h2-9,37H,10-12H2,1H3,(H,33,35). The molecule has 38 heavy (non-hydrogen) atoms. The fourth-order valence-corrected chi connectivity index (χ4v) is 4.29. The Kier molecular flexibility index (Phi) is 7.55. The zero-order chi connectivity index (χ0) is 27.8. The number of carbonyl (C=O) groups is 2. The van der Waals surface area contributed by atoms with Gasteiger partial charge in [0.1, 0.15) is 17.3 Å². The van der Waals surface area contributed by atoms with E-state index in [-0.39, 0.29) is 51.4 Å². The van der Waals surface area contributed by atoms with Crippen molar-refractivity contribution >= 4 is 40.7 Å². The number of benzene rings is 2. The highest BCUT2D eigenvalue weighted by Crippen LogP contribution is 2.36. The molecule has 3 aromatic rings. The third-order valence-electron chi connectivity index (χ3n) is 5.55. The molecular formula is C25H19Cl2F4N3O4. The Labute approximate surface area is 223 Å². The van der Waals surface area contributed by atoms with Gasteiger partial charge >= 0.3 is 6.18 Å². The highest BCUT2D eigenvalue weighted by Gasteiger charge is 2.40. The fourth-order valence-electron chi connectivity index (χ4n) is 3.83. The summed E-state index contributed by atoms with van der Waals surface area (Å²) in [5, 5.41) is 12.1. The van der Waals surface area contributed by atoms with Gasteiger partial charge in [-0.1, -0.05) is 35.3 Å². The summed E-state index contributed by atoms with van der Waals surface area (Å²) in [7, 11) is 0. The van der Waals surface area contributed by atoms with Crippen LogP contribution in [-0.2, 0) is 0 Å². The second-order valence-electron chi connectivity index (χ2n) is 8.87. The summed E-state index contributed by atoms with van der Waals surface area (Å²) in [5.41, 5.74) is -1.17. The smallest absolute Gasteiger partial charge is 0.422 e. The van der Waals surface area contributed by atoms with Crippen molar-refractivity contribution in [1.82, 2.24) is 9.88 Å². The van der Waals surface area contributed by atoms with E-state index in [1.54, 1.807) is 6.92 Å². The van der Waals surface area contributed by atoms with E-state index in [9.17, 15) is 32.3 Å². The Morgan fingerprint density at radius 2 is 1.87 bits per heavy atom. The average molecular weight is 572 g/mol. The minimum absolute atomic E-state index is 0.00392. The molecule has 2 amide bonds. The minimum atomic E-state index is -4.70. The number of pyridine rings is 1. The number of carbonyl (C=O) groups excluding carboxylic acids is 2. The van der Waals surface area contributed by atoms with Crippen LogP contribution in [-0.4, -0.2) is 58.3 Å². The van der Waals surface area contributed by atoms with Crippen LogP contribution in [0.3, 0.4) is 0 Å². The third kappa shape index (κ3) is 6.17. The van der Waals surface area contributed by atoms with Crippen molar-refractivity contribution in [2.24, 2.45) is 0 Å². The van der Waals surface area contributed by atoms with Gasteiger partial charge in [-0.3, -0.25) is 9.59 Å². The van der Waals surface area contributed by atoms with Crippen molar-refractivity contribution in [3.63, 3.8) is 0 Å². The van der Waals surface area contributed by atoms with Gasteiger partial charge < -0.3 is 20.1 Å². The summed E-state index contributed by atoms with van der Waals surface area (Å²) in [6.07, 6.45) is -3.48. The molecule has 1 saturated heterocycles. The molecule has 13 heteroatoms. The Hall–Kier alpha value is -3.41. The summed E-state index contributed by atoms with van der Waals surface area (Å²) in [5.74, 6) is -2.78. The van der Waals surface area contributed by atoms with E-state index in [1.165, 1.54) is 47.5 Å². The molecule has 0 saturated carbocycles. The van der Waals surface area contributed by atoms with Crippen LogP contribution in [0.4, 0.5) is 23.2 Å². The first kappa shape index (κ1) is 27.6. The van der Waals surface area contributed by atoms with Gasteiger partial charge in [0.25, 0.3) is 11.8 Å². The van der Waals surface area contributed by atoms with Crippen molar-refractivity contribution in [2.45, 2.75) is 18.7 Å². The Morgan fingerprint density at radius 3 is 2.50 bits per heavy atom. The first-order chi connectivity index (χ1) is 17.7. The number of β-amino-alcohol motifs (C(OH)–C–C–N with tert-alkyl or cyclic N) is 1. The number of hydrogen-bond donors (Lipinski definition) is 2. The molecule has 1 aliphatic heterocycles. The number of nitrogens with one attached hydrogen (secondary N) is 1. The lowest BCUT2D eigenvalue weighted by molar-refractivity contribution is -0.153. The van der Waals surface area contributed by atoms with Gasteiger partial charge in [-0.2, -0.15) is 13.2 Å². The Morgan fingerprint density at radius 1 is 1.16 bits per heavy atom. The van der Waals surface area contributed by atoms with E-state index in [2.05, 4.69) is 10.3 Å². The molecule has 4 rings (SSSR count). The van der Waals surface area contributed by atoms with Crippen molar-refractivity contribution < 1.29 is 37.0 Å². The molecule has 7 nitrogen and oxygen atoms in total. The monoisotopic (exact) mass is 571 g/mol. The molecule has 0 aliphatic carbocycles. The van der Waals surface area contributed by atoms with E-state index in [4.69, 9.17) is 27.9 Å². The fraction of sp³-hybridized carbons (Fsp3) is 0.240. The second-order valence-corrected chi connectivity index (χ2v) is 9.69. The maximum absolute atomic E-state index is 14.2. The number of aromatic nitrogens is 1.